The largest absolute Gasteiger partial charge is 0.392 e. The molecule has 1 aromatic carbocycles. The predicted molar refractivity (Wildman–Crippen MR) is 79.0 cm³/mol. The van der Waals surface area contributed by atoms with Crippen LogP contribution < -0.4 is 5.73 Å². The van der Waals surface area contributed by atoms with Crippen molar-refractivity contribution in [3.8, 4) is 0 Å². The molecule has 20 heavy (non-hydrogen) atoms. The zero-order valence-corrected chi connectivity index (χ0v) is 11.8. The van der Waals surface area contributed by atoms with Crippen molar-refractivity contribution in [2.75, 3.05) is 0 Å². The number of carbonyl (C=O) groups excluding carboxylic acids is 2. The van der Waals surface area contributed by atoms with Crippen LogP contribution in [0.5, 0.6) is 0 Å². The van der Waals surface area contributed by atoms with Crippen molar-refractivity contribution in [3.63, 3.8) is 0 Å². The average Bonchev–Trinajstić information content (AvgIpc) is 3.21. The van der Waals surface area contributed by atoms with E-state index >= 15 is 0 Å². The zero-order chi connectivity index (χ0) is 14.3. The molecule has 1 saturated carbocycles. The summed E-state index contributed by atoms with van der Waals surface area (Å²) in [6.07, 6.45) is 2.18. The van der Waals surface area contributed by atoms with Crippen molar-refractivity contribution in [3.05, 3.63) is 35.9 Å². The smallest absolute Gasteiger partial charge is 0.237 e. The first-order valence-corrected chi connectivity index (χ1v) is 7.20. The fourth-order valence-electron chi connectivity index (χ4n) is 2.87. The van der Waals surface area contributed by atoms with Crippen molar-refractivity contribution in [1.29, 1.82) is 0 Å². The normalized spacial score (nSPS) is 24.0. The summed E-state index contributed by atoms with van der Waals surface area (Å²) in [5, 5.41) is 0. The standard InChI is InChI=1S/C15H16N2O2S/c16-14(20)13(10-6-7-10)17-12(18)8-11(15(17)19)9-4-2-1-3-5-9/h1-5,10-11,13H,6-8H2,(H2,16,20). The molecule has 1 aromatic rings. The molecule has 2 amide bonds. The highest BCUT2D eigenvalue weighted by atomic mass is 32.1. The van der Waals surface area contributed by atoms with Gasteiger partial charge in [-0.25, -0.2) is 0 Å². The number of nitrogens with zero attached hydrogens (tertiary/aromatic N) is 1. The second-order valence-electron chi connectivity index (χ2n) is 5.45. The summed E-state index contributed by atoms with van der Waals surface area (Å²) in [7, 11) is 0. The Morgan fingerprint density at radius 3 is 2.45 bits per heavy atom. The monoisotopic (exact) mass is 288 g/mol. The van der Waals surface area contributed by atoms with E-state index in [4.69, 9.17) is 18.0 Å². The van der Waals surface area contributed by atoms with Crippen molar-refractivity contribution in [1.82, 2.24) is 4.90 Å². The van der Waals surface area contributed by atoms with Gasteiger partial charge in [-0.15, -0.1) is 0 Å². The van der Waals surface area contributed by atoms with Gasteiger partial charge in [0.2, 0.25) is 11.8 Å². The van der Waals surface area contributed by atoms with E-state index in [1.165, 1.54) is 4.90 Å². The molecule has 1 heterocycles. The lowest BCUT2D eigenvalue weighted by atomic mass is 9.98. The van der Waals surface area contributed by atoms with Crippen LogP contribution in [0.4, 0.5) is 0 Å². The predicted octanol–water partition coefficient (Wildman–Crippen LogP) is 1.59. The molecule has 0 bridgehead atoms. The summed E-state index contributed by atoms with van der Waals surface area (Å²) in [5.41, 5.74) is 6.63. The van der Waals surface area contributed by atoms with Gasteiger partial charge in [0, 0.05) is 6.42 Å². The molecule has 2 N–H and O–H groups in total. The highest BCUT2D eigenvalue weighted by molar-refractivity contribution is 7.80. The van der Waals surface area contributed by atoms with Crippen LogP contribution in [-0.2, 0) is 9.59 Å². The minimum atomic E-state index is -0.390. The molecule has 3 rings (SSSR count). The van der Waals surface area contributed by atoms with E-state index in [9.17, 15) is 9.59 Å². The summed E-state index contributed by atoms with van der Waals surface area (Å²) < 4.78 is 0. The molecule has 5 heteroatoms. The molecule has 0 aromatic heterocycles. The highest BCUT2D eigenvalue weighted by Gasteiger charge is 2.48. The van der Waals surface area contributed by atoms with Crippen LogP contribution >= 0.6 is 12.2 Å². The lowest BCUT2D eigenvalue weighted by Crippen LogP contribution is -2.48. The lowest BCUT2D eigenvalue weighted by Gasteiger charge is -2.25. The number of likely N-dealkylation sites (tertiary alicyclic amines) is 1. The third-order valence-corrected chi connectivity index (χ3v) is 4.26. The minimum Gasteiger partial charge on any atom is -0.392 e. The second kappa shape index (κ2) is 4.98. The molecule has 4 nitrogen and oxygen atoms in total. The maximum atomic E-state index is 12.6. The number of thiocarbonyl (C=S) groups is 1. The SMILES string of the molecule is NC(=S)C(C1CC1)N1C(=O)CC(c2ccccc2)C1=O. The van der Waals surface area contributed by atoms with Crippen molar-refractivity contribution in [2.24, 2.45) is 11.7 Å². The summed E-state index contributed by atoms with van der Waals surface area (Å²) >= 11 is 5.06. The molecule has 1 aliphatic heterocycles. The van der Waals surface area contributed by atoms with Crippen LogP contribution in [0.1, 0.15) is 30.7 Å². The van der Waals surface area contributed by atoms with E-state index in [1.807, 2.05) is 30.3 Å². The van der Waals surface area contributed by atoms with E-state index in [1.54, 1.807) is 0 Å². The Morgan fingerprint density at radius 1 is 1.25 bits per heavy atom. The van der Waals surface area contributed by atoms with Crippen LogP contribution in [-0.4, -0.2) is 27.7 Å². The van der Waals surface area contributed by atoms with Gasteiger partial charge < -0.3 is 5.73 Å². The van der Waals surface area contributed by atoms with Crippen LogP contribution in [0.3, 0.4) is 0 Å². The molecular formula is C15H16N2O2S. The first-order valence-electron chi connectivity index (χ1n) is 6.79. The highest BCUT2D eigenvalue weighted by Crippen LogP contribution is 2.40. The van der Waals surface area contributed by atoms with Crippen LogP contribution in [0.15, 0.2) is 30.3 Å². The number of hydrogen-bond donors (Lipinski definition) is 1. The number of nitrogens with two attached hydrogens (primary N) is 1. The van der Waals surface area contributed by atoms with E-state index in [-0.39, 0.29) is 35.1 Å². The lowest BCUT2D eigenvalue weighted by molar-refractivity contribution is -0.140. The van der Waals surface area contributed by atoms with Gasteiger partial charge in [-0.05, 0) is 24.3 Å². The molecule has 2 unspecified atom stereocenters. The molecule has 1 aliphatic carbocycles. The van der Waals surface area contributed by atoms with Gasteiger partial charge in [-0.3, -0.25) is 14.5 Å². The first-order chi connectivity index (χ1) is 9.59. The number of carbonyl (C=O) groups is 2. The quantitative estimate of drug-likeness (QED) is 0.675. The van der Waals surface area contributed by atoms with E-state index in [0.717, 1.165) is 18.4 Å². The van der Waals surface area contributed by atoms with E-state index < -0.39 is 6.04 Å². The number of rotatable bonds is 4. The van der Waals surface area contributed by atoms with Crippen LogP contribution in [0.2, 0.25) is 0 Å². The Labute approximate surface area is 122 Å². The number of benzene rings is 1. The fourth-order valence-corrected chi connectivity index (χ4v) is 3.17. The Balaban J connectivity index is 1.89. The molecule has 2 aliphatic rings. The molecule has 1 saturated heterocycles. The van der Waals surface area contributed by atoms with E-state index in [2.05, 4.69) is 0 Å². The third-order valence-electron chi connectivity index (χ3n) is 4.02. The third kappa shape index (κ3) is 2.22. The Kier molecular flexibility index (Phi) is 3.30. The Bertz CT molecular complexity index is 568. The number of hydrogen-bond acceptors (Lipinski definition) is 3. The zero-order valence-electron chi connectivity index (χ0n) is 11.0. The topological polar surface area (TPSA) is 63.4 Å². The van der Waals surface area contributed by atoms with Gasteiger partial charge in [-0.2, -0.15) is 0 Å². The average molecular weight is 288 g/mol. The number of amides is 2. The summed E-state index contributed by atoms with van der Waals surface area (Å²) in [6.45, 7) is 0. The Morgan fingerprint density at radius 2 is 1.90 bits per heavy atom. The van der Waals surface area contributed by atoms with Crippen molar-refractivity contribution in [2.45, 2.75) is 31.2 Å². The van der Waals surface area contributed by atoms with Gasteiger partial charge in [-0.1, -0.05) is 42.5 Å². The number of imide groups is 1. The second-order valence-corrected chi connectivity index (χ2v) is 5.93. The van der Waals surface area contributed by atoms with Crippen molar-refractivity contribution >= 4 is 29.0 Å². The molecule has 0 spiro atoms. The van der Waals surface area contributed by atoms with E-state index in [0.29, 0.717) is 0 Å². The van der Waals surface area contributed by atoms with Gasteiger partial charge in [0.15, 0.2) is 0 Å². The minimum absolute atomic E-state index is 0.159. The molecule has 104 valence electrons. The molecular weight excluding hydrogens is 272 g/mol. The van der Waals surface area contributed by atoms with Crippen LogP contribution in [0.25, 0.3) is 0 Å². The van der Waals surface area contributed by atoms with Gasteiger partial charge >= 0.3 is 0 Å². The van der Waals surface area contributed by atoms with Gasteiger partial charge in [0.25, 0.3) is 0 Å². The fraction of sp³-hybridized carbons (Fsp3) is 0.400. The maximum absolute atomic E-state index is 12.6. The summed E-state index contributed by atoms with van der Waals surface area (Å²) in [6, 6.07) is 9.02. The van der Waals surface area contributed by atoms with Crippen LogP contribution in [0, 0.1) is 5.92 Å². The molecule has 2 atom stereocenters. The molecule has 0 radical (unpaired) electrons. The Hall–Kier alpha value is -1.75. The van der Waals surface area contributed by atoms with Gasteiger partial charge in [0.1, 0.15) is 0 Å². The maximum Gasteiger partial charge on any atom is 0.237 e. The summed E-state index contributed by atoms with van der Waals surface area (Å²) in [4.78, 5) is 26.4. The molecule has 2 fully saturated rings. The summed E-state index contributed by atoms with van der Waals surface area (Å²) in [5.74, 6) is -0.450. The van der Waals surface area contributed by atoms with Gasteiger partial charge in [0.05, 0.1) is 16.9 Å². The van der Waals surface area contributed by atoms with Crippen molar-refractivity contribution < 1.29 is 9.59 Å². The first kappa shape index (κ1) is 13.2.